The molecule has 0 aliphatic heterocycles. The second kappa shape index (κ2) is 4.70. The van der Waals surface area contributed by atoms with Crippen molar-refractivity contribution in [3.05, 3.63) is 29.8 Å². The molecule has 0 saturated heterocycles. The Kier molecular flexibility index (Phi) is 3.57. The van der Waals surface area contributed by atoms with Gasteiger partial charge in [-0.3, -0.25) is 9.59 Å². The van der Waals surface area contributed by atoms with E-state index in [0.29, 0.717) is 11.3 Å². The highest BCUT2D eigenvalue weighted by Gasteiger charge is 2.08. The molecule has 0 heterocycles. The average molecular weight is 206 g/mol. The van der Waals surface area contributed by atoms with Crippen LogP contribution in [0.5, 0.6) is 0 Å². The summed E-state index contributed by atoms with van der Waals surface area (Å²) >= 11 is 0. The molecule has 4 nitrogen and oxygen atoms in total. The molecule has 15 heavy (non-hydrogen) atoms. The minimum absolute atomic E-state index is 0.0353. The highest BCUT2D eigenvalue weighted by Crippen LogP contribution is 2.11. The topological polar surface area (TPSA) is 72.2 Å². The van der Waals surface area contributed by atoms with Crippen molar-refractivity contribution in [3.63, 3.8) is 0 Å². The number of rotatable bonds is 3. The quantitative estimate of drug-likeness (QED) is 0.729. The van der Waals surface area contributed by atoms with E-state index in [9.17, 15) is 9.59 Å². The second-order valence-electron chi connectivity index (χ2n) is 3.41. The van der Waals surface area contributed by atoms with E-state index in [0.717, 1.165) is 0 Å². The van der Waals surface area contributed by atoms with Gasteiger partial charge in [0.15, 0.2) is 5.78 Å². The first-order chi connectivity index (χ1) is 7.00. The molecule has 0 aliphatic carbocycles. The Morgan fingerprint density at radius 2 is 2.07 bits per heavy atom. The van der Waals surface area contributed by atoms with Gasteiger partial charge in [-0.05, 0) is 26.0 Å². The summed E-state index contributed by atoms with van der Waals surface area (Å²) in [6.07, 6.45) is 0. The normalized spacial score (nSPS) is 11.9. The lowest BCUT2D eigenvalue weighted by Crippen LogP contribution is -2.32. The van der Waals surface area contributed by atoms with Crippen LogP contribution in [-0.4, -0.2) is 17.7 Å². The predicted octanol–water partition coefficient (Wildman–Crippen LogP) is 1.17. The lowest BCUT2D eigenvalue weighted by molar-refractivity contribution is -0.117. The maximum atomic E-state index is 11.3. The molecule has 1 unspecified atom stereocenters. The van der Waals surface area contributed by atoms with Gasteiger partial charge in [-0.15, -0.1) is 0 Å². The van der Waals surface area contributed by atoms with Crippen LogP contribution in [0.2, 0.25) is 0 Å². The van der Waals surface area contributed by atoms with E-state index >= 15 is 0 Å². The molecule has 4 heteroatoms. The molecule has 0 saturated carbocycles. The van der Waals surface area contributed by atoms with E-state index in [1.807, 2.05) is 0 Å². The zero-order valence-electron chi connectivity index (χ0n) is 8.78. The van der Waals surface area contributed by atoms with Gasteiger partial charge in [0.1, 0.15) is 0 Å². The first-order valence-electron chi connectivity index (χ1n) is 4.68. The number of nitrogens with one attached hydrogen (secondary N) is 1. The van der Waals surface area contributed by atoms with Crippen LogP contribution in [0.25, 0.3) is 0 Å². The Balaban J connectivity index is 2.83. The lowest BCUT2D eigenvalue weighted by Gasteiger charge is -2.08. The van der Waals surface area contributed by atoms with Crippen LogP contribution in [0.1, 0.15) is 24.2 Å². The molecule has 0 radical (unpaired) electrons. The van der Waals surface area contributed by atoms with Crippen LogP contribution >= 0.6 is 0 Å². The first-order valence-corrected chi connectivity index (χ1v) is 4.68. The van der Waals surface area contributed by atoms with Crippen LogP contribution in [0.3, 0.4) is 0 Å². The molecular weight excluding hydrogens is 192 g/mol. The number of benzene rings is 1. The van der Waals surface area contributed by atoms with Crippen LogP contribution in [0.4, 0.5) is 5.69 Å². The minimum atomic E-state index is -0.564. The molecular formula is C11H14N2O2. The summed E-state index contributed by atoms with van der Waals surface area (Å²) in [7, 11) is 0. The van der Waals surface area contributed by atoms with E-state index in [2.05, 4.69) is 5.32 Å². The molecule has 80 valence electrons. The van der Waals surface area contributed by atoms with Crippen molar-refractivity contribution >= 4 is 17.4 Å². The van der Waals surface area contributed by atoms with Crippen molar-refractivity contribution in [2.75, 3.05) is 5.32 Å². The Morgan fingerprint density at radius 3 is 2.60 bits per heavy atom. The van der Waals surface area contributed by atoms with Gasteiger partial charge in [0.05, 0.1) is 6.04 Å². The van der Waals surface area contributed by atoms with E-state index < -0.39 is 6.04 Å². The molecule has 1 amide bonds. The van der Waals surface area contributed by atoms with Gasteiger partial charge < -0.3 is 11.1 Å². The zero-order valence-corrected chi connectivity index (χ0v) is 8.78. The number of Topliss-reactive ketones (excluding diaryl/α,β-unsaturated/α-hetero) is 1. The number of anilines is 1. The van der Waals surface area contributed by atoms with Crippen LogP contribution < -0.4 is 11.1 Å². The molecule has 0 fully saturated rings. The highest BCUT2D eigenvalue weighted by molar-refractivity contribution is 5.98. The van der Waals surface area contributed by atoms with Crippen molar-refractivity contribution in [2.45, 2.75) is 19.9 Å². The maximum absolute atomic E-state index is 11.3. The number of ketones is 1. The molecule has 3 N–H and O–H groups in total. The molecule has 0 spiro atoms. The smallest absolute Gasteiger partial charge is 0.240 e. The number of nitrogens with two attached hydrogens (primary N) is 1. The monoisotopic (exact) mass is 206 g/mol. The molecule has 1 rings (SSSR count). The number of amides is 1. The third-order valence-electron chi connectivity index (χ3n) is 1.95. The Labute approximate surface area is 88.5 Å². The summed E-state index contributed by atoms with van der Waals surface area (Å²) in [6, 6.07) is 6.19. The van der Waals surface area contributed by atoms with Crippen molar-refractivity contribution < 1.29 is 9.59 Å². The summed E-state index contributed by atoms with van der Waals surface area (Å²) in [6.45, 7) is 3.08. The fraction of sp³-hybridized carbons (Fsp3) is 0.273. The zero-order chi connectivity index (χ0) is 11.4. The average Bonchev–Trinajstić information content (AvgIpc) is 2.18. The van der Waals surface area contributed by atoms with Gasteiger partial charge in [0, 0.05) is 11.3 Å². The Morgan fingerprint density at radius 1 is 1.40 bits per heavy atom. The summed E-state index contributed by atoms with van der Waals surface area (Å²) in [5.74, 6) is -0.303. The van der Waals surface area contributed by atoms with Gasteiger partial charge in [-0.2, -0.15) is 0 Å². The largest absolute Gasteiger partial charge is 0.325 e. The van der Waals surface area contributed by atoms with Gasteiger partial charge in [-0.25, -0.2) is 0 Å². The molecule has 0 aliphatic rings. The number of hydrogen-bond acceptors (Lipinski definition) is 3. The standard InChI is InChI=1S/C11H14N2O2/c1-7(12)11(15)13-10-5-3-4-9(6-10)8(2)14/h3-7H,12H2,1-2H3,(H,13,15). The van der Waals surface area contributed by atoms with Gasteiger partial charge in [0.25, 0.3) is 0 Å². The molecule has 0 aromatic heterocycles. The van der Waals surface area contributed by atoms with Crippen LogP contribution in [0, 0.1) is 0 Å². The third kappa shape index (κ3) is 3.18. The molecule has 1 aromatic carbocycles. The Hall–Kier alpha value is -1.68. The maximum Gasteiger partial charge on any atom is 0.240 e. The number of carbonyl (C=O) groups is 2. The van der Waals surface area contributed by atoms with Crippen LogP contribution in [-0.2, 0) is 4.79 Å². The van der Waals surface area contributed by atoms with Gasteiger partial charge in [-0.1, -0.05) is 12.1 Å². The molecule has 0 bridgehead atoms. The van der Waals surface area contributed by atoms with Gasteiger partial charge in [0.2, 0.25) is 5.91 Å². The van der Waals surface area contributed by atoms with Crippen LogP contribution in [0.15, 0.2) is 24.3 Å². The summed E-state index contributed by atoms with van der Waals surface area (Å²) in [4.78, 5) is 22.4. The lowest BCUT2D eigenvalue weighted by atomic mass is 10.1. The van der Waals surface area contributed by atoms with E-state index in [1.165, 1.54) is 6.92 Å². The van der Waals surface area contributed by atoms with E-state index in [-0.39, 0.29) is 11.7 Å². The van der Waals surface area contributed by atoms with E-state index in [1.54, 1.807) is 31.2 Å². The predicted molar refractivity (Wildman–Crippen MR) is 58.7 cm³/mol. The second-order valence-corrected chi connectivity index (χ2v) is 3.41. The summed E-state index contributed by atoms with van der Waals surface area (Å²) in [5.41, 5.74) is 6.56. The summed E-state index contributed by atoms with van der Waals surface area (Å²) < 4.78 is 0. The fourth-order valence-electron chi connectivity index (χ4n) is 1.07. The van der Waals surface area contributed by atoms with Gasteiger partial charge >= 0.3 is 0 Å². The summed E-state index contributed by atoms with van der Waals surface area (Å²) in [5, 5.41) is 2.62. The molecule has 1 atom stereocenters. The SMILES string of the molecule is CC(=O)c1cccc(NC(=O)C(C)N)c1. The number of carbonyl (C=O) groups excluding carboxylic acids is 2. The number of hydrogen-bond donors (Lipinski definition) is 2. The van der Waals surface area contributed by atoms with Crippen molar-refractivity contribution in [3.8, 4) is 0 Å². The van der Waals surface area contributed by atoms with Crippen molar-refractivity contribution in [1.29, 1.82) is 0 Å². The Bertz CT molecular complexity index is 386. The first kappa shape index (κ1) is 11.4. The van der Waals surface area contributed by atoms with Crippen molar-refractivity contribution in [2.24, 2.45) is 5.73 Å². The van der Waals surface area contributed by atoms with E-state index in [4.69, 9.17) is 5.73 Å². The molecule has 1 aromatic rings. The highest BCUT2D eigenvalue weighted by atomic mass is 16.2. The van der Waals surface area contributed by atoms with Crippen molar-refractivity contribution in [1.82, 2.24) is 0 Å². The third-order valence-corrected chi connectivity index (χ3v) is 1.95. The fourth-order valence-corrected chi connectivity index (χ4v) is 1.07. The minimum Gasteiger partial charge on any atom is -0.325 e.